The molecule has 4 N–H and O–H groups in total. The molecule has 0 radical (unpaired) electrons. The predicted molar refractivity (Wildman–Crippen MR) is 109 cm³/mol. The Morgan fingerprint density at radius 3 is 2.48 bits per heavy atom. The molecule has 5 nitrogen and oxygen atoms in total. The zero-order valence-electron chi connectivity index (χ0n) is 15.8. The van der Waals surface area contributed by atoms with Crippen molar-refractivity contribution in [1.82, 2.24) is 9.97 Å². The highest BCUT2D eigenvalue weighted by molar-refractivity contribution is 5.88. The number of pyridine rings is 1. The lowest BCUT2D eigenvalue weighted by Crippen LogP contribution is -2.43. The summed E-state index contributed by atoms with van der Waals surface area (Å²) in [5, 5.41) is 21.7. The number of H-pyrrole nitrogens is 1. The third kappa shape index (κ3) is 3.53. The van der Waals surface area contributed by atoms with Crippen LogP contribution in [0.1, 0.15) is 16.7 Å². The first kappa shape index (κ1) is 20.5. The van der Waals surface area contributed by atoms with E-state index in [1.165, 1.54) is 48.8 Å². The number of hydrogen-bond donors (Lipinski definition) is 4. The number of aliphatic hydroxyl groups is 1. The third-order valence-corrected chi connectivity index (χ3v) is 5.03. The van der Waals surface area contributed by atoms with Gasteiger partial charge in [-0.1, -0.05) is 6.07 Å². The van der Waals surface area contributed by atoms with Gasteiger partial charge in [0.15, 0.2) is 0 Å². The Balaban J connectivity index is 1.83. The highest BCUT2D eigenvalue weighted by atomic mass is 19.4. The minimum atomic E-state index is -5.05. The van der Waals surface area contributed by atoms with E-state index in [1.807, 2.05) is 0 Å². The zero-order valence-corrected chi connectivity index (χ0v) is 15.8. The van der Waals surface area contributed by atoms with Gasteiger partial charge in [0, 0.05) is 58.2 Å². The molecule has 2 aromatic carbocycles. The van der Waals surface area contributed by atoms with E-state index in [4.69, 9.17) is 5.41 Å². The first-order valence-electron chi connectivity index (χ1n) is 9.12. The summed E-state index contributed by atoms with van der Waals surface area (Å²) in [5.74, 6) is -0.434. The summed E-state index contributed by atoms with van der Waals surface area (Å²) in [6, 6.07) is 10.5. The topological polar surface area (TPSA) is 84.8 Å². The molecule has 4 aromatic rings. The van der Waals surface area contributed by atoms with Gasteiger partial charge in [0.2, 0.25) is 5.60 Å². The number of aromatic nitrogens is 2. The van der Waals surface area contributed by atoms with Crippen molar-refractivity contribution < 1.29 is 22.7 Å². The van der Waals surface area contributed by atoms with Gasteiger partial charge in [-0.15, -0.1) is 0 Å². The minimum Gasteiger partial charge on any atom is -0.372 e. The molecule has 158 valence electrons. The van der Waals surface area contributed by atoms with Gasteiger partial charge >= 0.3 is 6.18 Å². The monoisotopic (exact) mass is 428 g/mol. The van der Waals surface area contributed by atoms with Crippen LogP contribution in [0.15, 0.2) is 67.1 Å². The van der Waals surface area contributed by atoms with Gasteiger partial charge < -0.3 is 20.8 Å². The van der Waals surface area contributed by atoms with Gasteiger partial charge in [0.05, 0.1) is 0 Å². The Bertz CT molecular complexity index is 1250. The van der Waals surface area contributed by atoms with E-state index in [2.05, 4.69) is 15.3 Å². The predicted octanol–water partition coefficient (Wildman–Crippen LogP) is 5.24. The molecule has 0 amide bonds. The number of aromatic amines is 1. The largest absolute Gasteiger partial charge is 0.425 e. The van der Waals surface area contributed by atoms with E-state index in [0.717, 1.165) is 24.5 Å². The van der Waals surface area contributed by atoms with E-state index < -0.39 is 28.7 Å². The van der Waals surface area contributed by atoms with E-state index in [0.29, 0.717) is 16.9 Å². The number of nitrogens with one attached hydrogen (secondary N) is 3. The molecule has 0 aliphatic carbocycles. The van der Waals surface area contributed by atoms with Gasteiger partial charge in [0.1, 0.15) is 5.82 Å². The average Bonchev–Trinajstić information content (AvgIpc) is 3.19. The fraction of sp³-hybridized carbons (Fsp3) is 0.0909. The molecule has 0 saturated carbocycles. The molecule has 0 saturated heterocycles. The van der Waals surface area contributed by atoms with Gasteiger partial charge in [-0.05, 0) is 48.0 Å². The molecular formula is C22H16F4N4O. The Morgan fingerprint density at radius 2 is 1.81 bits per heavy atom. The highest BCUT2D eigenvalue weighted by Crippen LogP contribution is 2.47. The molecule has 2 heterocycles. The molecule has 1 unspecified atom stereocenters. The second-order valence-electron chi connectivity index (χ2n) is 6.91. The maximum absolute atomic E-state index is 14.2. The molecule has 1 atom stereocenters. The lowest BCUT2D eigenvalue weighted by molar-refractivity contribution is -0.247. The van der Waals surface area contributed by atoms with Crippen molar-refractivity contribution in [3.8, 4) is 0 Å². The molecule has 2 aromatic heterocycles. The standard InChI is InChI=1S/C22H16F4N4O/c23-15-2-4-16(5-3-15)30-19-6-1-14(9-13(19)10-27)21(31,22(24,25)26)18-12-29-20-7-8-28-11-17(18)20/h1-12,27,29-31H. The number of halogens is 4. The van der Waals surface area contributed by atoms with Crippen molar-refractivity contribution in [2.24, 2.45) is 0 Å². The quantitative estimate of drug-likeness (QED) is 0.259. The number of anilines is 2. The van der Waals surface area contributed by atoms with Crippen molar-refractivity contribution in [2.75, 3.05) is 5.32 Å². The van der Waals surface area contributed by atoms with Crippen molar-refractivity contribution in [3.05, 3.63) is 89.6 Å². The molecule has 0 aliphatic heterocycles. The van der Waals surface area contributed by atoms with Crippen molar-refractivity contribution in [3.63, 3.8) is 0 Å². The van der Waals surface area contributed by atoms with Gasteiger partial charge in [-0.25, -0.2) is 4.39 Å². The Labute approximate surface area is 173 Å². The van der Waals surface area contributed by atoms with E-state index in [9.17, 15) is 22.7 Å². The summed E-state index contributed by atoms with van der Waals surface area (Å²) in [7, 11) is 0. The summed E-state index contributed by atoms with van der Waals surface area (Å²) in [6.45, 7) is 0. The molecule has 0 spiro atoms. The van der Waals surface area contributed by atoms with Crippen LogP contribution in [0, 0.1) is 11.2 Å². The highest BCUT2D eigenvalue weighted by Gasteiger charge is 2.57. The smallest absolute Gasteiger partial charge is 0.372 e. The molecule has 4 rings (SSSR count). The van der Waals surface area contributed by atoms with Crippen LogP contribution in [0.4, 0.5) is 28.9 Å². The average molecular weight is 428 g/mol. The summed E-state index contributed by atoms with van der Waals surface area (Å²) in [6.07, 6.45) is -0.390. The number of rotatable bonds is 5. The second-order valence-corrected chi connectivity index (χ2v) is 6.91. The van der Waals surface area contributed by atoms with Crippen LogP contribution in [-0.4, -0.2) is 27.5 Å². The molecule has 31 heavy (non-hydrogen) atoms. The van der Waals surface area contributed by atoms with Crippen molar-refractivity contribution in [2.45, 2.75) is 11.8 Å². The number of hydrogen-bond acceptors (Lipinski definition) is 4. The number of benzene rings is 2. The number of nitrogens with zero attached hydrogens (tertiary/aromatic N) is 1. The van der Waals surface area contributed by atoms with Crippen LogP contribution < -0.4 is 5.32 Å². The molecule has 0 fully saturated rings. The lowest BCUT2D eigenvalue weighted by Gasteiger charge is -2.31. The van der Waals surface area contributed by atoms with E-state index in [1.54, 1.807) is 0 Å². The summed E-state index contributed by atoms with van der Waals surface area (Å²) in [4.78, 5) is 6.59. The second kappa shape index (κ2) is 7.51. The minimum absolute atomic E-state index is 0.113. The van der Waals surface area contributed by atoms with Gasteiger partial charge in [-0.2, -0.15) is 13.2 Å². The van der Waals surface area contributed by atoms with Crippen LogP contribution in [0.3, 0.4) is 0 Å². The van der Waals surface area contributed by atoms with E-state index >= 15 is 0 Å². The first-order valence-corrected chi connectivity index (χ1v) is 9.12. The first-order chi connectivity index (χ1) is 14.7. The summed E-state index contributed by atoms with van der Waals surface area (Å²) >= 11 is 0. The Morgan fingerprint density at radius 1 is 1.06 bits per heavy atom. The molecular weight excluding hydrogens is 412 g/mol. The van der Waals surface area contributed by atoms with Crippen molar-refractivity contribution in [1.29, 1.82) is 5.41 Å². The third-order valence-electron chi connectivity index (χ3n) is 5.03. The number of alkyl halides is 3. The van der Waals surface area contributed by atoms with Gasteiger partial charge in [0.25, 0.3) is 0 Å². The molecule has 0 bridgehead atoms. The van der Waals surface area contributed by atoms with Crippen LogP contribution in [0.25, 0.3) is 10.9 Å². The lowest BCUT2D eigenvalue weighted by atomic mass is 9.84. The summed E-state index contributed by atoms with van der Waals surface area (Å²) in [5.41, 5.74) is -2.84. The summed E-state index contributed by atoms with van der Waals surface area (Å²) < 4.78 is 55.7. The molecule has 0 aliphatic rings. The fourth-order valence-corrected chi connectivity index (χ4v) is 3.44. The van der Waals surface area contributed by atoms with E-state index in [-0.39, 0.29) is 10.9 Å². The molecule has 9 heteroatoms. The van der Waals surface area contributed by atoms with Crippen LogP contribution in [0.2, 0.25) is 0 Å². The Hall–Kier alpha value is -3.72. The van der Waals surface area contributed by atoms with Crippen molar-refractivity contribution >= 4 is 28.5 Å². The van der Waals surface area contributed by atoms with Gasteiger partial charge in [-0.3, -0.25) is 4.98 Å². The maximum Gasteiger partial charge on any atom is 0.425 e. The SMILES string of the molecule is N=Cc1cc(C(O)(c2c[nH]c3ccncc23)C(F)(F)F)ccc1Nc1ccc(F)cc1. The Kier molecular flexibility index (Phi) is 4.98. The zero-order chi connectivity index (χ0) is 22.2. The number of fused-ring (bicyclic) bond motifs is 1. The maximum atomic E-state index is 14.2. The fourth-order valence-electron chi connectivity index (χ4n) is 3.44. The van der Waals surface area contributed by atoms with Crippen LogP contribution in [-0.2, 0) is 5.60 Å². The van der Waals surface area contributed by atoms with Crippen LogP contribution >= 0.6 is 0 Å². The normalized spacial score (nSPS) is 13.7. The van der Waals surface area contributed by atoms with Crippen LogP contribution in [0.5, 0.6) is 0 Å².